The molecule has 1 heterocycles. The minimum atomic E-state index is -1.03. The van der Waals surface area contributed by atoms with Crippen LogP contribution in [0.5, 0.6) is 0 Å². The van der Waals surface area contributed by atoms with Crippen molar-refractivity contribution in [3.05, 3.63) is 69.6 Å². The van der Waals surface area contributed by atoms with Crippen LogP contribution in [0.2, 0.25) is 0 Å². The fourth-order valence-corrected chi connectivity index (χ4v) is 3.47. The van der Waals surface area contributed by atoms with E-state index in [1.54, 1.807) is 50.4 Å². The van der Waals surface area contributed by atoms with Crippen molar-refractivity contribution in [1.82, 2.24) is 4.57 Å². The van der Waals surface area contributed by atoms with Gasteiger partial charge in [-0.3, -0.25) is 14.4 Å². The highest BCUT2D eigenvalue weighted by Crippen LogP contribution is 2.44. The van der Waals surface area contributed by atoms with Gasteiger partial charge < -0.3 is 9.30 Å². The molecule has 0 saturated heterocycles. The third-order valence-electron chi connectivity index (χ3n) is 4.77. The molecule has 3 rings (SSSR count). The molecule has 6 heteroatoms. The number of nitrogens with zero attached hydrogens (tertiary/aromatic N) is 2. The molecule has 132 valence electrons. The predicted octanol–water partition coefficient (Wildman–Crippen LogP) is 2.46. The molecule has 2 aromatic rings. The molecular weight excluding hydrogens is 332 g/mol. The van der Waals surface area contributed by atoms with E-state index < -0.39 is 23.5 Å². The summed E-state index contributed by atoms with van der Waals surface area (Å²) in [6, 6.07) is 10.8. The van der Waals surface area contributed by atoms with Crippen LogP contribution in [-0.2, 0) is 9.53 Å². The maximum atomic E-state index is 13.0. The molecule has 0 radical (unpaired) electrons. The highest BCUT2D eigenvalue weighted by Gasteiger charge is 2.51. The van der Waals surface area contributed by atoms with Crippen LogP contribution in [0, 0.1) is 16.7 Å². The van der Waals surface area contributed by atoms with Gasteiger partial charge in [-0.2, -0.15) is 5.26 Å². The normalized spacial score (nSPS) is 20.8. The van der Waals surface area contributed by atoms with Crippen molar-refractivity contribution in [2.45, 2.75) is 32.9 Å². The number of carbonyl (C=O) groups excluding carboxylic acids is 2. The van der Waals surface area contributed by atoms with E-state index in [9.17, 15) is 19.6 Å². The van der Waals surface area contributed by atoms with Gasteiger partial charge in [0.05, 0.1) is 17.0 Å². The number of ketones is 1. The van der Waals surface area contributed by atoms with Crippen LogP contribution < -0.4 is 5.56 Å². The molecule has 0 aliphatic heterocycles. The maximum Gasteiger partial charge on any atom is 0.303 e. The summed E-state index contributed by atoms with van der Waals surface area (Å²) in [7, 11) is 0. The van der Waals surface area contributed by atoms with Gasteiger partial charge in [0.25, 0.3) is 5.56 Å². The predicted molar refractivity (Wildman–Crippen MR) is 93.7 cm³/mol. The van der Waals surface area contributed by atoms with Crippen molar-refractivity contribution in [2.24, 2.45) is 5.41 Å². The molecule has 1 aliphatic rings. The number of carbonyl (C=O) groups is 2. The molecule has 26 heavy (non-hydrogen) atoms. The van der Waals surface area contributed by atoms with Gasteiger partial charge in [0.15, 0.2) is 5.78 Å². The number of ether oxygens (including phenoxy) is 1. The Labute approximate surface area is 150 Å². The van der Waals surface area contributed by atoms with E-state index in [4.69, 9.17) is 4.74 Å². The number of fused-ring (bicyclic) bond motifs is 1. The van der Waals surface area contributed by atoms with Gasteiger partial charge in [-0.15, -0.1) is 0 Å². The lowest BCUT2D eigenvalue weighted by Gasteiger charge is -2.43. The van der Waals surface area contributed by atoms with E-state index in [0.29, 0.717) is 16.7 Å². The highest BCUT2D eigenvalue weighted by atomic mass is 16.5. The minimum Gasteiger partial charge on any atom is -0.459 e. The van der Waals surface area contributed by atoms with Crippen molar-refractivity contribution in [1.29, 1.82) is 5.26 Å². The Hall–Kier alpha value is -3.20. The molecule has 2 atom stereocenters. The van der Waals surface area contributed by atoms with Crippen LogP contribution in [-0.4, -0.2) is 22.4 Å². The van der Waals surface area contributed by atoms with Crippen molar-refractivity contribution in [3.63, 3.8) is 0 Å². The number of rotatable bonds is 2. The molecule has 0 saturated carbocycles. The quantitative estimate of drug-likeness (QED) is 0.776. The van der Waals surface area contributed by atoms with Crippen molar-refractivity contribution in [2.75, 3.05) is 0 Å². The van der Waals surface area contributed by atoms with Crippen LogP contribution in [0.3, 0.4) is 0 Å². The first-order chi connectivity index (χ1) is 12.3. The Morgan fingerprint density at radius 3 is 2.58 bits per heavy atom. The summed E-state index contributed by atoms with van der Waals surface area (Å²) < 4.78 is 6.97. The Kier molecular flexibility index (Phi) is 4.25. The Bertz CT molecular complexity index is 997. The summed E-state index contributed by atoms with van der Waals surface area (Å²) in [6.45, 7) is 4.67. The van der Waals surface area contributed by atoms with Crippen molar-refractivity contribution < 1.29 is 14.3 Å². The summed E-state index contributed by atoms with van der Waals surface area (Å²) in [5, 5.41) is 9.24. The third kappa shape index (κ3) is 2.72. The lowest BCUT2D eigenvalue weighted by atomic mass is 9.68. The van der Waals surface area contributed by atoms with E-state index >= 15 is 0 Å². The monoisotopic (exact) mass is 350 g/mol. The first kappa shape index (κ1) is 17.6. The van der Waals surface area contributed by atoms with Crippen LogP contribution in [0.25, 0.3) is 0 Å². The van der Waals surface area contributed by atoms with E-state index in [0.717, 1.165) is 0 Å². The lowest BCUT2D eigenvalue weighted by Crippen LogP contribution is -2.51. The molecule has 1 aliphatic carbocycles. The van der Waals surface area contributed by atoms with Crippen LogP contribution in [0.15, 0.2) is 47.4 Å². The number of Topliss-reactive ketones (excluding diaryl/α,β-unsaturated/α-hetero) is 1. The smallest absolute Gasteiger partial charge is 0.303 e. The standard InChI is InChI=1S/C20H18N2O4/c1-12(23)26-19-17(22-9-5-4-6-16(22)24)15-10-13(11-21)7-8-14(15)18(25)20(19,2)3/h4-10,17,19H,1-3H3. The molecule has 0 N–H and O–H groups in total. The molecule has 1 aromatic heterocycles. The van der Waals surface area contributed by atoms with Crippen molar-refractivity contribution >= 4 is 11.8 Å². The van der Waals surface area contributed by atoms with Gasteiger partial charge in [-0.25, -0.2) is 0 Å². The molecular formula is C20H18N2O4. The first-order valence-electron chi connectivity index (χ1n) is 8.20. The van der Waals surface area contributed by atoms with E-state index in [2.05, 4.69) is 0 Å². The van der Waals surface area contributed by atoms with Crippen LogP contribution >= 0.6 is 0 Å². The zero-order valence-electron chi connectivity index (χ0n) is 14.7. The lowest BCUT2D eigenvalue weighted by molar-refractivity contribution is -0.153. The average Bonchev–Trinajstić information content (AvgIpc) is 2.60. The van der Waals surface area contributed by atoms with Gasteiger partial charge >= 0.3 is 5.97 Å². The minimum absolute atomic E-state index is 0.191. The third-order valence-corrected chi connectivity index (χ3v) is 4.77. The second-order valence-electron chi connectivity index (χ2n) is 6.89. The maximum absolute atomic E-state index is 13.0. The fraction of sp³-hybridized carbons (Fsp3) is 0.300. The Morgan fingerprint density at radius 1 is 1.23 bits per heavy atom. The number of benzene rings is 1. The summed E-state index contributed by atoms with van der Waals surface area (Å²) in [5.74, 6) is -0.729. The summed E-state index contributed by atoms with van der Waals surface area (Å²) in [6.07, 6.45) is 0.715. The van der Waals surface area contributed by atoms with Gasteiger partial charge in [0, 0.05) is 24.8 Å². The van der Waals surface area contributed by atoms with Crippen LogP contribution in [0.4, 0.5) is 0 Å². The number of nitriles is 1. The number of pyridine rings is 1. The molecule has 0 fully saturated rings. The summed E-state index contributed by atoms with van der Waals surface area (Å²) >= 11 is 0. The second kappa shape index (κ2) is 6.26. The van der Waals surface area contributed by atoms with Crippen molar-refractivity contribution in [3.8, 4) is 6.07 Å². The van der Waals surface area contributed by atoms with Gasteiger partial charge in [-0.05, 0) is 43.7 Å². The van der Waals surface area contributed by atoms with Gasteiger partial charge in [-0.1, -0.05) is 6.07 Å². The number of hydrogen-bond donors (Lipinski definition) is 0. The second-order valence-corrected chi connectivity index (χ2v) is 6.89. The topological polar surface area (TPSA) is 89.2 Å². The molecule has 1 aromatic carbocycles. The molecule has 0 spiro atoms. The molecule has 6 nitrogen and oxygen atoms in total. The summed E-state index contributed by atoms with van der Waals surface area (Å²) in [4.78, 5) is 37.2. The molecule has 2 unspecified atom stereocenters. The Morgan fingerprint density at radius 2 is 1.96 bits per heavy atom. The zero-order chi connectivity index (χ0) is 19.1. The number of esters is 1. The van der Waals surface area contributed by atoms with Crippen LogP contribution in [0.1, 0.15) is 48.3 Å². The SMILES string of the molecule is CC(=O)OC1C(n2ccccc2=O)c2cc(C#N)ccc2C(=O)C1(C)C. The zero-order valence-corrected chi connectivity index (χ0v) is 14.7. The van der Waals surface area contributed by atoms with E-state index in [-0.39, 0.29) is 11.3 Å². The fourth-order valence-electron chi connectivity index (χ4n) is 3.47. The first-order valence-corrected chi connectivity index (χ1v) is 8.20. The van der Waals surface area contributed by atoms with Gasteiger partial charge in [0.1, 0.15) is 12.1 Å². The van der Waals surface area contributed by atoms with E-state index in [1.807, 2.05) is 6.07 Å². The van der Waals surface area contributed by atoms with Gasteiger partial charge in [0.2, 0.25) is 0 Å². The average molecular weight is 350 g/mol. The number of hydrogen-bond acceptors (Lipinski definition) is 5. The summed E-state index contributed by atoms with van der Waals surface area (Å²) in [5.41, 5.74) is -0.0155. The Balaban J connectivity index is 2.35. The highest BCUT2D eigenvalue weighted by molar-refractivity contribution is 6.03. The largest absolute Gasteiger partial charge is 0.459 e. The van der Waals surface area contributed by atoms with E-state index in [1.165, 1.54) is 17.6 Å². The molecule has 0 bridgehead atoms. The molecule has 0 amide bonds. The number of aromatic nitrogens is 1.